The lowest BCUT2D eigenvalue weighted by molar-refractivity contribution is 0.0593. The Bertz CT molecular complexity index is 1040. The SMILES string of the molecule is COC(=O)c1cccc(Cc2c(C3(C)CC3)[nH]c3cc(C4CC4)ccc23)n1. The first-order valence-corrected chi connectivity index (χ1v) is 9.77. The number of ether oxygens (including phenoxy) is 1. The van der Waals surface area contributed by atoms with E-state index in [-0.39, 0.29) is 11.4 Å². The fourth-order valence-corrected chi connectivity index (χ4v) is 4.06. The molecule has 0 saturated heterocycles. The average molecular weight is 360 g/mol. The zero-order valence-electron chi connectivity index (χ0n) is 15.8. The molecule has 5 rings (SSSR count). The minimum Gasteiger partial charge on any atom is -0.464 e. The lowest BCUT2D eigenvalue weighted by Gasteiger charge is -2.11. The minimum atomic E-state index is -0.390. The summed E-state index contributed by atoms with van der Waals surface area (Å²) in [6.07, 6.45) is 5.79. The summed E-state index contributed by atoms with van der Waals surface area (Å²) >= 11 is 0. The van der Waals surface area contributed by atoms with Crippen LogP contribution in [0.15, 0.2) is 36.4 Å². The second-order valence-corrected chi connectivity index (χ2v) is 8.30. The molecule has 0 atom stereocenters. The quantitative estimate of drug-likeness (QED) is 0.661. The van der Waals surface area contributed by atoms with Crippen LogP contribution >= 0.6 is 0 Å². The Kier molecular flexibility index (Phi) is 3.64. The van der Waals surface area contributed by atoms with Gasteiger partial charge in [-0.15, -0.1) is 0 Å². The number of carbonyl (C=O) groups excluding carboxylic acids is 1. The van der Waals surface area contributed by atoms with Gasteiger partial charge in [0.05, 0.1) is 7.11 Å². The molecule has 0 spiro atoms. The molecule has 27 heavy (non-hydrogen) atoms. The van der Waals surface area contributed by atoms with E-state index in [1.165, 1.54) is 60.5 Å². The van der Waals surface area contributed by atoms with E-state index < -0.39 is 0 Å². The Hall–Kier alpha value is -2.62. The van der Waals surface area contributed by atoms with Gasteiger partial charge in [-0.1, -0.05) is 25.1 Å². The van der Waals surface area contributed by atoms with Crippen molar-refractivity contribution in [3.8, 4) is 0 Å². The van der Waals surface area contributed by atoms with Crippen LogP contribution in [-0.4, -0.2) is 23.0 Å². The predicted octanol–water partition coefficient (Wildman–Crippen LogP) is 4.87. The highest BCUT2D eigenvalue weighted by Gasteiger charge is 2.42. The summed E-state index contributed by atoms with van der Waals surface area (Å²) < 4.78 is 4.82. The Balaban J connectivity index is 1.58. The number of H-pyrrole nitrogens is 1. The first-order valence-electron chi connectivity index (χ1n) is 9.77. The number of rotatable bonds is 5. The van der Waals surface area contributed by atoms with Crippen LogP contribution in [0.4, 0.5) is 0 Å². The van der Waals surface area contributed by atoms with Crippen LogP contribution in [0.3, 0.4) is 0 Å². The molecule has 2 aromatic heterocycles. The Morgan fingerprint density at radius 2 is 2.07 bits per heavy atom. The number of hydrogen-bond acceptors (Lipinski definition) is 3. The van der Waals surface area contributed by atoms with Gasteiger partial charge >= 0.3 is 5.97 Å². The van der Waals surface area contributed by atoms with E-state index in [0.717, 1.165) is 18.0 Å². The number of carbonyl (C=O) groups is 1. The molecule has 4 heteroatoms. The number of methoxy groups -OCH3 is 1. The Morgan fingerprint density at radius 3 is 2.78 bits per heavy atom. The summed E-state index contributed by atoms with van der Waals surface area (Å²) in [5.41, 5.74) is 6.86. The molecule has 3 aromatic rings. The standard InChI is InChI=1S/C23H24N2O2/c1-23(10-11-23)21-18(13-16-4-3-5-19(24-16)22(26)27-2)17-9-8-15(14-6-7-14)12-20(17)25-21/h3-5,8-9,12,14,25H,6-7,10-11,13H2,1-2H3. The summed E-state index contributed by atoms with van der Waals surface area (Å²) in [4.78, 5) is 20.1. The second kappa shape index (κ2) is 5.95. The van der Waals surface area contributed by atoms with Gasteiger partial charge in [0.2, 0.25) is 0 Å². The first kappa shape index (κ1) is 16.5. The van der Waals surface area contributed by atoms with Crippen molar-refractivity contribution < 1.29 is 9.53 Å². The number of aromatic nitrogens is 2. The van der Waals surface area contributed by atoms with Crippen LogP contribution in [-0.2, 0) is 16.6 Å². The van der Waals surface area contributed by atoms with Crippen molar-refractivity contribution in [3.05, 3.63) is 64.6 Å². The number of hydrogen-bond donors (Lipinski definition) is 1. The molecule has 0 amide bonds. The molecule has 2 aliphatic rings. The van der Waals surface area contributed by atoms with Crippen molar-refractivity contribution in [1.82, 2.24) is 9.97 Å². The molecule has 4 nitrogen and oxygen atoms in total. The zero-order chi connectivity index (χ0) is 18.6. The molecule has 0 aliphatic heterocycles. The van der Waals surface area contributed by atoms with E-state index in [2.05, 4.69) is 35.1 Å². The third-order valence-corrected chi connectivity index (χ3v) is 6.14. The molecule has 0 radical (unpaired) electrons. The highest BCUT2D eigenvalue weighted by molar-refractivity contribution is 5.88. The van der Waals surface area contributed by atoms with Crippen LogP contribution in [0.5, 0.6) is 0 Å². The molecule has 2 aliphatic carbocycles. The number of benzene rings is 1. The van der Waals surface area contributed by atoms with E-state index in [1.54, 1.807) is 6.07 Å². The topological polar surface area (TPSA) is 55.0 Å². The number of aromatic amines is 1. The Labute approximate surface area is 159 Å². The zero-order valence-corrected chi connectivity index (χ0v) is 15.8. The minimum absolute atomic E-state index is 0.244. The highest BCUT2D eigenvalue weighted by Crippen LogP contribution is 2.50. The molecule has 0 unspecified atom stereocenters. The summed E-state index contributed by atoms with van der Waals surface area (Å²) in [7, 11) is 1.39. The van der Waals surface area contributed by atoms with E-state index >= 15 is 0 Å². The third-order valence-electron chi connectivity index (χ3n) is 6.14. The number of nitrogens with one attached hydrogen (secondary N) is 1. The third kappa shape index (κ3) is 2.93. The smallest absolute Gasteiger partial charge is 0.356 e. The van der Waals surface area contributed by atoms with Gasteiger partial charge in [-0.05, 0) is 60.9 Å². The molecule has 2 fully saturated rings. The number of pyridine rings is 1. The summed E-state index contributed by atoms with van der Waals surface area (Å²) in [5.74, 6) is 0.360. The molecule has 1 N–H and O–H groups in total. The van der Waals surface area contributed by atoms with E-state index in [9.17, 15) is 4.79 Å². The fourth-order valence-electron chi connectivity index (χ4n) is 4.06. The maximum Gasteiger partial charge on any atom is 0.356 e. The van der Waals surface area contributed by atoms with Gasteiger partial charge in [0.1, 0.15) is 5.69 Å². The van der Waals surface area contributed by atoms with Gasteiger partial charge in [0.25, 0.3) is 0 Å². The molecule has 0 bridgehead atoms. The van der Waals surface area contributed by atoms with E-state index in [0.29, 0.717) is 5.69 Å². The van der Waals surface area contributed by atoms with Gasteiger partial charge in [0, 0.05) is 34.1 Å². The lowest BCUT2D eigenvalue weighted by atomic mass is 9.95. The van der Waals surface area contributed by atoms with Gasteiger partial charge in [-0.25, -0.2) is 9.78 Å². The van der Waals surface area contributed by atoms with Crippen molar-refractivity contribution in [2.24, 2.45) is 0 Å². The molecule has 138 valence electrons. The largest absolute Gasteiger partial charge is 0.464 e. The highest BCUT2D eigenvalue weighted by atomic mass is 16.5. The summed E-state index contributed by atoms with van der Waals surface area (Å²) in [5, 5.41) is 1.28. The fraction of sp³-hybridized carbons (Fsp3) is 0.391. The lowest BCUT2D eigenvalue weighted by Crippen LogP contribution is -2.08. The van der Waals surface area contributed by atoms with Crippen molar-refractivity contribution in [3.63, 3.8) is 0 Å². The molecular formula is C23H24N2O2. The van der Waals surface area contributed by atoms with E-state index in [1.807, 2.05) is 12.1 Å². The predicted molar refractivity (Wildman–Crippen MR) is 105 cm³/mol. The van der Waals surface area contributed by atoms with Crippen LogP contribution in [0.2, 0.25) is 0 Å². The number of fused-ring (bicyclic) bond motifs is 1. The van der Waals surface area contributed by atoms with Crippen molar-refractivity contribution in [1.29, 1.82) is 0 Å². The van der Waals surface area contributed by atoms with Crippen LogP contribution in [0, 0.1) is 0 Å². The maximum atomic E-state index is 11.8. The molecule has 2 saturated carbocycles. The van der Waals surface area contributed by atoms with Crippen LogP contribution < -0.4 is 0 Å². The first-order chi connectivity index (χ1) is 13.1. The van der Waals surface area contributed by atoms with Crippen molar-refractivity contribution in [2.75, 3.05) is 7.11 Å². The van der Waals surface area contributed by atoms with Gasteiger partial charge in [-0.2, -0.15) is 0 Å². The molecular weight excluding hydrogens is 336 g/mol. The Morgan fingerprint density at radius 1 is 1.26 bits per heavy atom. The van der Waals surface area contributed by atoms with Gasteiger partial charge < -0.3 is 9.72 Å². The van der Waals surface area contributed by atoms with Crippen LogP contribution in [0.25, 0.3) is 10.9 Å². The maximum absolute atomic E-state index is 11.8. The number of nitrogens with zero attached hydrogens (tertiary/aromatic N) is 1. The monoisotopic (exact) mass is 360 g/mol. The second-order valence-electron chi connectivity index (χ2n) is 8.30. The summed E-state index contributed by atoms with van der Waals surface area (Å²) in [6, 6.07) is 12.5. The molecule has 2 heterocycles. The van der Waals surface area contributed by atoms with Gasteiger partial charge in [0.15, 0.2) is 0 Å². The van der Waals surface area contributed by atoms with Crippen molar-refractivity contribution in [2.45, 2.75) is 50.4 Å². The average Bonchev–Trinajstić information content (AvgIpc) is 3.61. The van der Waals surface area contributed by atoms with Crippen molar-refractivity contribution >= 4 is 16.9 Å². The summed E-state index contributed by atoms with van der Waals surface area (Å²) in [6.45, 7) is 2.33. The number of esters is 1. The normalized spacial score (nSPS) is 17.9. The molecule has 1 aromatic carbocycles. The van der Waals surface area contributed by atoms with Gasteiger partial charge in [-0.3, -0.25) is 0 Å². The van der Waals surface area contributed by atoms with E-state index in [4.69, 9.17) is 4.74 Å². The van der Waals surface area contributed by atoms with Crippen LogP contribution in [0.1, 0.15) is 71.5 Å².